The van der Waals surface area contributed by atoms with Gasteiger partial charge < -0.3 is 10.2 Å². The van der Waals surface area contributed by atoms with Crippen molar-refractivity contribution >= 4 is 11.6 Å². The van der Waals surface area contributed by atoms with E-state index in [9.17, 15) is 4.79 Å². The first-order valence-electron chi connectivity index (χ1n) is 8.04. The summed E-state index contributed by atoms with van der Waals surface area (Å²) in [5.74, 6) is -0.103. The van der Waals surface area contributed by atoms with Crippen LogP contribution >= 0.6 is 0 Å². The molecule has 2 aromatic rings. The standard InChI is InChI=1S/C18H22N4O/c23-18(17-8-4-5-9-19-17)20-10-11-21-12-14-22(15-13-21)16-6-2-1-3-7-16/h1-9H,10-15H2,(H,20,23). The highest BCUT2D eigenvalue weighted by atomic mass is 16.1. The van der Waals surface area contributed by atoms with Crippen LogP contribution in [0.3, 0.4) is 0 Å². The number of hydrogen-bond donors (Lipinski definition) is 1. The first-order chi connectivity index (χ1) is 11.3. The van der Waals surface area contributed by atoms with Crippen LogP contribution in [-0.4, -0.2) is 55.1 Å². The van der Waals surface area contributed by atoms with Crippen LogP contribution in [0.15, 0.2) is 54.7 Å². The van der Waals surface area contributed by atoms with Gasteiger partial charge >= 0.3 is 0 Å². The predicted octanol–water partition coefficient (Wildman–Crippen LogP) is 1.63. The van der Waals surface area contributed by atoms with Gasteiger partial charge in [-0.2, -0.15) is 0 Å². The second kappa shape index (κ2) is 7.74. The number of aromatic nitrogens is 1. The van der Waals surface area contributed by atoms with E-state index in [2.05, 4.69) is 44.4 Å². The maximum absolute atomic E-state index is 11.9. The molecule has 3 rings (SSSR count). The summed E-state index contributed by atoms with van der Waals surface area (Å²) in [5.41, 5.74) is 1.76. The van der Waals surface area contributed by atoms with Gasteiger partial charge in [0.2, 0.25) is 0 Å². The number of amides is 1. The Hall–Kier alpha value is -2.40. The van der Waals surface area contributed by atoms with E-state index in [4.69, 9.17) is 0 Å². The molecular formula is C18H22N4O. The maximum Gasteiger partial charge on any atom is 0.269 e. The summed E-state index contributed by atoms with van der Waals surface area (Å²) in [7, 11) is 0. The Kier molecular flexibility index (Phi) is 5.21. The fourth-order valence-electron chi connectivity index (χ4n) is 2.78. The third kappa shape index (κ3) is 4.29. The summed E-state index contributed by atoms with van der Waals surface area (Å²) >= 11 is 0. The van der Waals surface area contributed by atoms with Crippen molar-refractivity contribution in [3.05, 3.63) is 60.4 Å². The van der Waals surface area contributed by atoms with Crippen LogP contribution in [-0.2, 0) is 0 Å². The van der Waals surface area contributed by atoms with Crippen LogP contribution in [0.5, 0.6) is 0 Å². The van der Waals surface area contributed by atoms with Crippen molar-refractivity contribution in [3.63, 3.8) is 0 Å². The molecule has 1 aliphatic rings. The van der Waals surface area contributed by atoms with Crippen molar-refractivity contribution < 1.29 is 4.79 Å². The third-order valence-corrected chi connectivity index (χ3v) is 4.10. The second-order valence-electron chi connectivity index (χ2n) is 5.64. The van der Waals surface area contributed by atoms with Crippen molar-refractivity contribution in [2.45, 2.75) is 0 Å². The van der Waals surface area contributed by atoms with E-state index < -0.39 is 0 Å². The van der Waals surface area contributed by atoms with Crippen molar-refractivity contribution in [1.82, 2.24) is 15.2 Å². The van der Waals surface area contributed by atoms with Gasteiger partial charge in [0, 0.05) is 51.2 Å². The summed E-state index contributed by atoms with van der Waals surface area (Å²) in [6.45, 7) is 5.63. The number of nitrogens with zero attached hydrogens (tertiary/aromatic N) is 3. The highest BCUT2D eigenvalue weighted by Crippen LogP contribution is 2.15. The number of para-hydroxylation sites is 1. The summed E-state index contributed by atoms with van der Waals surface area (Å²) in [4.78, 5) is 20.8. The summed E-state index contributed by atoms with van der Waals surface area (Å²) in [6, 6.07) is 15.9. The fraction of sp³-hybridized carbons (Fsp3) is 0.333. The molecule has 5 heteroatoms. The molecule has 0 atom stereocenters. The smallest absolute Gasteiger partial charge is 0.269 e. The van der Waals surface area contributed by atoms with Gasteiger partial charge in [0.05, 0.1) is 0 Å². The molecule has 120 valence electrons. The van der Waals surface area contributed by atoms with Crippen LogP contribution < -0.4 is 10.2 Å². The highest BCUT2D eigenvalue weighted by molar-refractivity contribution is 5.92. The molecule has 1 amide bonds. The summed E-state index contributed by atoms with van der Waals surface area (Å²) < 4.78 is 0. The van der Waals surface area contributed by atoms with Crippen LogP contribution in [0.4, 0.5) is 5.69 Å². The van der Waals surface area contributed by atoms with Gasteiger partial charge in [-0.3, -0.25) is 14.7 Å². The first-order valence-corrected chi connectivity index (χ1v) is 8.04. The number of carbonyl (C=O) groups is 1. The van der Waals surface area contributed by atoms with Crippen molar-refractivity contribution in [2.75, 3.05) is 44.2 Å². The lowest BCUT2D eigenvalue weighted by Gasteiger charge is -2.36. The van der Waals surface area contributed by atoms with E-state index in [-0.39, 0.29) is 5.91 Å². The molecule has 0 saturated carbocycles. The van der Waals surface area contributed by atoms with Gasteiger partial charge in [-0.05, 0) is 24.3 Å². The lowest BCUT2D eigenvalue weighted by atomic mass is 10.2. The number of benzene rings is 1. The minimum absolute atomic E-state index is 0.103. The molecule has 1 aromatic carbocycles. The van der Waals surface area contributed by atoms with Gasteiger partial charge in [0.15, 0.2) is 0 Å². The van der Waals surface area contributed by atoms with Crippen molar-refractivity contribution in [1.29, 1.82) is 0 Å². The Labute approximate surface area is 136 Å². The monoisotopic (exact) mass is 310 g/mol. The lowest BCUT2D eigenvalue weighted by molar-refractivity contribution is 0.0943. The number of rotatable bonds is 5. The second-order valence-corrected chi connectivity index (χ2v) is 5.64. The Morgan fingerprint density at radius 3 is 2.43 bits per heavy atom. The molecule has 1 aromatic heterocycles. The normalized spacial score (nSPS) is 15.4. The van der Waals surface area contributed by atoms with Crippen molar-refractivity contribution in [3.8, 4) is 0 Å². The number of anilines is 1. The Bertz CT molecular complexity index is 609. The molecule has 0 spiro atoms. The minimum Gasteiger partial charge on any atom is -0.369 e. The zero-order valence-electron chi connectivity index (χ0n) is 13.2. The maximum atomic E-state index is 11.9. The number of pyridine rings is 1. The molecule has 5 nitrogen and oxygen atoms in total. The molecule has 0 bridgehead atoms. The Morgan fingerprint density at radius 1 is 1.00 bits per heavy atom. The first kappa shape index (κ1) is 15.5. The molecule has 0 unspecified atom stereocenters. The number of carbonyl (C=O) groups excluding carboxylic acids is 1. The SMILES string of the molecule is O=C(NCCN1CCN(c2ccccc2)CC1)c1ccccn1. The molecule has 0 aliphatic carbocycles. The van der Waals surface area contributed by atoms with Crippen LogP contribution in [0.1, 0.15) is 10.5 Å². The summed E-state index contributed by atoms with van der Waals surface area (Å²) in [6.07, 6.45) is 1.64. The van der Waals surface area contributed by atoms with Crippen LogP contribution in [0, 0.1) is 0 Å². The van der Waals surface area contributed by atoms with Gasteiger partial charge in [0.1, 0.15) is 5.69 Å². The number of piperazine rings is 1. The molecule has 23 heavy (non-hydrogen) atoms. The molecular weight excluding hydrogens is 288 g/mol. The Morgan fingerprint density at radius 2 is 1.74 bits per heavy atom. The van der Waals surface area contributed by atoms with E-state index in [1.54, 1.807) is 12.3 Å². The van der Waals surface area contributed by atoms with E-state index in [0.717, 1.165) is 32.7 Å². The molecule has 1 saturated heterocycles. The van der Waals surface area contributed by atoms with Gasteiger partial charge in [-0.1, -0.05) is 24.3 Å². The Balaban J connectivity index is 1.39. The van der Waals surface area contributed by atoms with E-state index in [0.29, 0.717) is 12.2 Å². The predicted molar refractivity (Wildman–Crippen MR) is 91.7 cm³/mol. The number of hydrogen-bond acceptors (Lipinski definition) is 4. The zero-order valence-corrected chi connectivity index (χ0v) is 13.2. The van der Waals surface area contributed by atoms with Gasteiger partial charge in [-0.15, -0.1) is 0 Å². The lowest BCUT2D eigenvalue weighted by Crippen LogP contribution is -2.48. The van der Waals surface area contributed by atoms with Gasteiger partial charge in [-0.25, -0.2) is 0 Å². The van der Waals surface area contributed by atoms with Gasteiger partial charge in [0.25, 0.3) is 5.91 Å². The summed E-state index contributed by atoms with van der Waals surface area (Å²) in [5, 5.41) is 2.93. The molecule has 1 N–H and O–H groups in total. The number of nitrogens with one attached hydrogen (secondary N) is 1. The zero-order chi connectivity index (χ0) is 15.9. The molecule has 0 radical (unpaired) electrons. The minimum atomic E-state index is -0.103. The van der Waals surface area contributed by atoms with Crippen LogP contribution in [0.25, 0.3) is 0 Å². The van der Waals surface area contributed by atoms with Crippen LogP contribution in [0.2, 0.25) is 0 Å². The topological polar surface area (TPSA) is 48.5 Å². The third-order valence-electron chi connectivity index (χ3n) is 4.10. The molecule has 1 fully saturated rings. The van der Waals surface area contributed by atoms with E-state index in [1.165, 1.54) is 5.69 Å². The average molecular weight is 310 g/mol. The largest absolute Gasteiger partial charge is 0.369 e. The van der Waals surface area contributed by atoms with Crippen molar-refractivity contribution in [2.24, 2.45) is 0 Å². The van der Waals surface area contributed by atoms with E-state index >= 15 is 0 Å². The highest BCUT2D eigenvalue weighted by Gasteiger charge is 2.16. The molecule has 1 aliphatic heterocycles. The fourth-order valence-corrected chi connectivity index (χ4v) is 2.78. The van der Waals surface area contributed by atoms with E-state index in [1.807, 2.05) is 18.2 Å². The quantitative estimate of drug-likeness (QED) is 0.912. The molecule has 2 heterocycles. The average Bonchev–Trinajstić information content (AvgIpc) is 2.64.